The fourth-order valence-corrected chi connectivity index (χ4v) is 2.36. The highest BCUT2D eigenvalue weighted by molar-refractivity contribution is 9.10. The van der Waals surface area contributed by atoms with Crippen molar-refractivity contribution in [2.75, 3.05) is 6.54 Å². The molecule has 102 valence electrons. The lowest BCUT2D eigenvalue weighted by molar-refractivity contribution is 0.402. The van der Waals surface area contributed by atoms with Crippen LogP contribution < -0.4 is 5.32 Å². The molecule has 0 amide bonds. The summed E-state index contributed by atoms with van der Waals surface area (Å²) in [5.41, 5.74) is 2.74. The fourth-order valence-electron chi connectivity index (χ4n) is 2.11. The third kappa shape index (κ3) is 4.74. The van der Waals surface area contributed by atoms with E-state index in [9.17, 15) is 0 Å². The van der Waals surface area contributed by atoms with Crippen LogP contribution in [0.3, 0.4) is 0 Å². The van der Waals surface area contributed by atoms with Crippen molar-refractivity contribution < 1.29 is 0 Å². The van der Waals surface area contributed by atoms with Crippen LogP contribution in [0.15, 0.2) is 22.7 Å². The lowest BCUT2D eigenvalue weighted by atomic mass is 9.93. The molecule has 0 aliphatic carbocycles. The maximum atomic E-state index is 3.68. The summed E-state index contributed by atoms with van der Waals surface area (Å²) >= 11 is 3.58. The van der Waals surface area contributed by atoms with Gasteiger partial charge in [0.05, 0.1) is 0 Å². The molecule has 1 aromatic rings. The maximum absolute atomic E-state index is 3.68. The number of nitrogens with one attached hydrogen (secondary N) is 1. The molecule has 1 nitrogen and oxygen atoms in total. The van der Waals surface area contributed by atoms with Crippen LogP contribution in [0.25, 0.3) is 0 Å². The van der Waals surface area contributed by atoms with E-state index in [4.69, 9.17) is 0 Å². The number of aryl methyl sites for hydroxylation is 1. The van der Waals surface area contributed by atoms with Crippen molar-refractivity contribution in [2.45, 2.75) is 53.0 Å². The predicted octanol–water partition coefficient (Wildman–Crippen LogP) is 5.23. The molecule has 0 fully saturated rings. The lowest BCUT2D eigenvalue weighted by Gasteiger charge is -2.22. The molecule has 0 aliphatic rings. The minimum atomic E-state index is 0.492. The van der Waals surface area contributed by atoms with Gasteiger partial charge >= 0.3 is 0 Å². The molecule has 1 aromatic carbocycles. The fraction of sp³-hybridized carbons (Fsp3) is 0.625. The molecule has 0 radical (unpaired) electrons. The zero-order chi connectivity index (χ0) is 13.5. The van der Waals surface area contributed by atoms with E-state index in [1.54, 1.807) is 0 Å². The van der Waals surface area contributed by atoms with Crippen molar-refractivity contribution in [3.8, 4) is 0 Å². The summed E-state index contributed by atoms with van der Waals surface area (Å²) in [7, 11) is 0. The number of rotatable bonds is 7. The van der Waals surface area contributed by atoms with Crippen LogP contribution >= 0.6 is 15.9 Å². The van der Waals surface area contributed by atoms with E-state index >= 15 is 0 Å². The van der Waals surface area contributed by atoms with E-state index in [1.807, 2.05) is 0 Å². The number of hydrogen-bond donors (Lipinski definition) is 1. The van der Waals surface area contributed by atoms with E-state index in [0.29, 0.717) is 6.04 Å². The minimum Gasteiger partial charge on any atom is -0.310 e. The Morgan fingerprint density at radius 2 is 2.00 bits per heavy atom. The van der Waals surface area contributed by atoms with Crippen molar-refractivity contribution in [1.29, 1.82) is 0 Å². The van der Waals surface area contributed by atoms with Gasteiger partial charge in [0.25, 0.3) is 0 Å². The van der Waals surface area contributed by atoms with Crippen LogP contribution in [0.1, 0.15) is 57.2 Å². The van der Waals surface area contributed by atoms with Crippen LogP contribution in [0.4, 0.5) is 0 Å². The second kappa shape index (κ2) is 7.96. The van der Waals surface area contributed by atoms with Crippen LogP contribution in [0.5, 0.6) is 0 Å². The van der Waals surface area contributed by atoms with Crippen molar-refractivity contribution >= 4 is 15.9 Å². The first-order valence-electron chi connectivity index (χ1n) is 7.07. The van der Waals surface area contributed by atoms with E-state index in [1.165, 1.54) is 34.9 Å². The van der Waals surface area contributed by atoms with Crippen LogP contribution in [0.2, 0.25) is 0 Å². The van der Waals surface area contributed by atoms with E-state index in [2.05, 4.69) is 67.1 Å². The molecule has 0 aliphatic heterocycles. The Balaban J connectivity index is 2.82. The van der Waals surface area contributed by atoms with Crippen LogP contribution in [-0.2, 0) is 0 Å². The SMILES string of the molecule is CCCNC(CC(C)CC)c1ccc(Br)c(C)c1. The van der Waals surface area contributed by atoms with Gasteiger partial charge in [-0.05, 0) is 49.4 Å². The summed E-state index contributed by atoms with van der Waals surface area (Å²) in [6, 6.07) is 7.21. The molecule has 2 atom stereocenters. The summed E-state index contributed by atoms with van der Waals surface area (Å²) in [4.78, 5) is 0. The van der Waals surface area contributed by atoms with Gasteiger partial charge in [0.15, 0.2) is 0 Å². The number of halogens is 1. The van der Waals surface area contributed by atoms with Crippen LogP contribution in [-0.4, -0.2) is 6.54 Å². The van der Waals surface area contributed by atoms with Gasteiger partial charge in [-0.1, -0.05) is 55.3 Å². The number of benzene rings is 1. The second-order valence-electron chi connectivity index (χ2n) is 5.26. The molecule has 0 aromatic heterocycles. The summed E-state index contributed by atoms with van der Waals surface area (Å²) in [5, 5.41) is 3.68. The first-order chi connectivity index (χ1) is 8.58. The third-order valence-corrected chi connectivity index (χ3v) is 4.45. The summed E-state index contributed by atoms with van der Waals surface area (Å²) in [5.74, 6) is 0.767. The van der Waals surface area contributed by atoms with Crippen molar-refractivity contribution in [2.24, 2.45) is 5.92 Å². The van der Waals surface area contributed by atoms with Crippen molar-refractivity contribution in [1.82, 2.24) is 5.32 Å². The third-order valence-electron chi connectivity index (χ3n) is 3.56. The Hall–Kier alpha value is -0.340. The first-order valence-corrected chi connectivity index (χ1v) is 7.87. The highest BCUT2D eigenvalue weighted by atomic mass is 79.9. The summed E-state index contributed by atoms with van der Waals surface area (Å²) in [6.07, 6.45) is 3.66. The Morgan fingerprint density at radius 3 is 2.56 bits per heavy atom. The lowest BCUT2D eigenvalue weighted by Crippen LogP contribution is -2.24. The standard InChI is InChI=1S/C16H26BrN/c1-5-9-18-16(10-12(3)6-2)14-7-8-15(17)13(4)11-14/h7-8,11-12,16,18H,5-6,9-10H2,1-4H3. The minimum absolute atomic E-state index is 0.492. The van der Waals surface area contributed by atoms with Gasteiger partial charge in [-0.15, -0.1) is 0 Å². The van der Waals surface area contributed by atoms with Gasteiger partial charge in [0, 0.05) is 10.5 Å². The molecular formula is C16H26BrN. The Kier molecular flexibility index (Phi) is 6.95. The smallest absolute Gasteiger partial charge is 0.0322 e. The average Bonchev–Trinajstić information content (AvgIpc) is 2.37. The summed E-state index contributed by atoms with van der Waals surface area (Å²) in [6.45, 7) is 10.1. The molecule has 2 heteroatoms. The van der Waals surface area contributed by atoms with Gasteiger partial charge < -0.3 is 5.32 Å². The average molecular weight is 312 g/mol. The molecule has 18 heavy (non-hydrogen) atoms. The largest absolute Gasteiger partial charge is 0.310 e. The molecular weight excluding hydrogens is 286 g/mol. The second-order valence-corrected chi connectivity index (χ2v) is 6.12. The molecule has 2 unspecified atom stereocenters. The number of hydrogen-bond acceptors (Lipinski definition) is 1. The van der Waals surface area contributed by atoms with Gasteiger partial charge in [-0.3, -0.25) is 0 Å². The predicted molar refractivity (Wildman–Crippen MR) is 84.0 cm³/mol. The molecule has 0 heterocycles. The maximum Gasteiger partial charge on any atom is 0.0322 e. The zero-order valence-corrected chi connectivity index (χ0v) is 13.7. The monoisotopic (exact) mass is 311 g/mol. The molecule has 0 spiro atoms. The van der Waals surface area contributed by atoms with E-state index in [0.717, 1.165) is 12.5 Å². The van der Waals surface area contributed by atoms with Gasteiger partial charge in [-0.2, -0.15) is 0 Å². The Bertz CT molecular complexity index is 362. The quantitative estimate of drug-likeness (QED) is 0.726. The first kappa shape index (κ1) is 15.7. The van der Waals surface area contributed by atoms with Gasteiger partial charge in [0.2, 0.25) is 0 Å². The Labute approximate surface area is 120 Å². The van der Waals surface area contributed by atoms with Crippen LogP contribution in [0, 0.1) is 12.8 Å². The topological polar surface area (TPSA) is 12.0 Å². The van der Waals surface area contributed by atoms with Crippen molar-refractivity contribution in [3.63, 3.8) is 0 Å². The Morgan fingerprint density at radius 1 is 1.28 bits per heavy atom. The van der Waals surface area contributed by atoms with Crippen molar-refractivity contribution in [3.05, 3.63) is 33.8 Å². The highest BCUT2D eigenvalue weighted by Gasteiger charge is 2.14. The summed E-state index contributed by atoms with van der Waals surface area (Å²) < 4.78 is 1.20. The molecule has 1 rings (SSSR count). The molecule has 0 bridgehead atoms. The molecule has 1 N–H and O–H groups in total. The van der Waals surface area contributed by atoms with E-state index in [-0.39, 0.29) is 0 Å². The van der Waals surface area contributed by atoms with E-state index < -0.39 is 0 Å². The molecule has 0 saturated heterocycles. The highest BCUT2D eigenvalue weighted by Crippen LogP contribution is 2.26. The van der Waals surface area contributed by atoms with Gasteiger partial charge in [-0.25, -0.2) is 0 Å². The zero-order valence-electron chi connectivity index (χ0n) is 12.1. The molecule has 0 saturated carbocycles. The van der Waals surface area contributed by atoms with Gasteiger partial charge in [0.1, 0.15) is 0 Å². The normalized spacial score (nSPS) is 14.5.